The first-order valence-electron chi connectivity index (χ1n) is 6.42. The minimum Gasteiger partial charge on any atom is -0.490 e. The van der Waals surface area contributed by atoms with E-state index in [0.29, 0.717) is 12.2 Å². The van der Waals surface area contributed by atoms with Crippen LogP contribution in [0.1, 0.15) is 26.7 Å². The van der Waals surface area contributed by atoms with E-state index in [9.17, 15) is 13.5 Å². The maximum Gasteiger partial charge on any atom is 0.175 e. The fourth-order valence-electron chi connectivity index (χ4n) is 2.37. The summed E-state index contributed by atoms with van der Waals surface area (Å²) in [6.45, 7) is 4.04. The second-order valence-corrected chi connectivity index (χ2v) is 7.48. The van der Waals surface area contributed by atoms with E-state index in [-0.39, 0.29) is 22.5 Å². The zero-order valence-corrected chi connectivity index (χ0v) is 12.3. The lowest BCUT2D eigenvalue weighted by atomic mass is 9.63. The first-order chi connectivity index (χ1) is 8.77. The Hall–Kier alpha value is -1.07. The molecular formula is C14H20O4S. The Labute approximate surface area is 114 Å². The molecule has 0 spiro atoms. The highest BCUT2D eigenvalue weighted by atomic mass is 32.2. The van der Waals surface area contributed by atoms with Crippen molar-refractivity contribution in [2.75, 3.05) is 6.26 Å². The third kappa shape index (κ3) is 2.62. The van der Waals surface area contributed by atoms with Gasteiger partial charge in [-0.25, -0.2) is 8.42 Å². The second-order valence-electron chi connectivity index (χ2n) is 5.46. The zero-order chi connectivity index (χ0) is 14.3. The minimum atomic E-state index is -3.17. The molecule has 0 saturated heterocycles. The Morgan fingerprint density at radius 1 is 1.37 bits per heavy atom. The Bertz CT molecular complexity index is 549. The van der Waals surface area contributed by atoms with Crippen LogP contribution >= 0.6 is 0 Å². The molecule has 19 heavy (non-hydrogen) atoms. The Balaban J connectivity index is 2.09. The highest BCUT2D eigenvalue weighted by Gasteiger charge is 2.51. The topological polar surface area (TPSA) is 63.6 Å². The van der Waals surface area contributed by atoms with Crippen molar-refractivity contribution in [2.24, 2.45) is 5.41 Å². The molecule has 0 radical (unpaired) electrons. The van der Waals surface area contributed by atoms with E-state index < -0.39 is 9.84 Å². The quantitative estimate of drug-likeness (QED) is 0.918. The zero-order valence-electron chi connectivity index (χ0n) is 11.5. The average molecular weight is 284 g/mol. The maximum atomic E-state index is 11.4. The van der Waals surface area contributed by atoms with Gasteiger partial charge in [-0.15, -0.1) is 0 Å². The molecule has 1 aliphatic carbocycles. The lowest BCUT2D eigenvalue weighted by Crippen LogP contribution is -2.57. The summed E-state index contributed by atoms with van der Waals surface area (Å²) in [5.74, 6) is 0.643. The monoisotopic (exact) mass is 284 g/mol. The molecular weight excluding hydrogens is 264 g/mol. The lowest BCUT2D eigenvalue weighted by molar-refractivity contribution is -0.147. The van der Waals surface area contributed by atoms with Crippen LogP contribution in [-0.4, -0.2) is 32.0 Å². The molecule has 1 saturated carbocycles. The van der Waals surface area contributed by atoms with Crippen LogP contribution in [0.3, 0.4) is 0 Å². The summed E-state index contributed by atoms with van der Waals surface area (Å²) in [4.78, 5) is 0.284. The summed E-state index contributed by atoms with van der Waals surface area (Å²) in [6, 6.07) is 6.42. The number of rotatable bonds is 4. The highest BCUT2D eigenvalue weighted by molar-refractivity contribution is 7.90. The summed E-state index contributed by atoms with van der Waals surface area (Å²) >= 11 is 0. The number of sulfone groups is 1. The van der Waals surface area contributed by atoms with Crippen molar-refractivity contribution in [2.45, 2.75) is 43.8 Å². The Morgan fingerprint density at radius 2 is 1.95 bits per heavy atom. The predicted molar refractivity (Wildman–Crippen MR) is 73.0 cm³/mol. The molecule has 5 heteroatoms. The van der Waals surface area contributed by atoms with Crippen molar-refractivity contribution in [3.63, 3.8) is 0 Å². The van der Waals surface area contributed by atoms with E-state index in [1.165, 1.54) is 6.26 Å². The van der Waals surface area contributed by atoms with Gasteiger partial charge in [0.1, 0.15) is 11.9 Å². The van der Waals surface area contributed by atoms with E-state index in [2.05, 4.69) is 0 Å². The van der Waals surface area contributed by atoms with Crippen molar-refractivity contribution in [3.8, 4) is 5.75 Å². The standard InChI is InChI=1S/C14H20O4S/c1-4-14(2)12(15)9-13(14)18-10-5-7-11(8-6-10)19(3,16)17/h5-8,12-13,15H,4,9H2,1-3H3. The van der Waals surface area contributed by atoms with Gasteiger partial charge in [-0.1, -0.05) is 13.8 Å². The van der Waals surface area contributed by atoms with Crippen LogP contribution in [0.15, 0.2) is 29.2 Å². The molecule has 4 nitrogen and oxygen atoms in total. The fourth-order valence-corrected chi connectivity index (χ4v) is 3.00. The van der Waals surface area contributed by atoms with Crippen LogP contribution in [0.5, 0.6) is 5.75 Å². The van der Waals surface area contributed by atoms with Gasteiger partial charge >= 0.3 is 0 Å². The van der Waals surface area contributed by atoms with E-state index in [1.807, 2.05) is 13.8 Å². The molecule has 0 aliphatic heterocycles. The summed E-state index contributed by atoms with van der Waals surface area (Å²) < 4.78 is 28.5. The Kier molecular flexibility index (Phi) is 3.62. The second kappa shape index (κ2) is 4.80. The van der Waals surface area contributed by atoms with Gasteiger partial charge in [-0.3, -0.25) is 0 Å². The largest absolute Gasteiger partial charge is 0.490 e. The van der Waals surface area contributed by atoms with Crippen LogP contribution in [-0.2, 0) is 9.84 Å². The van der Waals surface area contributed by atoms with Crippen molar-refractivity contribution in [1.82, 2.24) is 0 Å². The highest BCUT2D eigenvalue weighted by Crippen LogP contribution is 2.45. The molecule has 0 bridgehead atoms. The minimum absolute atomic E-state index is 0.0171. The van der Waals surface area contributed by atoms with E-state index >= 15 is 0 Å². The first kappa shape index (κ1) is 14.3. The number of hydrogen-bond acceptors (Lipinski definition) is 4. The normalized spacial score (nSPS) is 30.7. The van der Waals surface area contributed by atoms with Gasteiger partial charge < -0.3 is 9.84 Å². The van der Waals surface area contributed by atoms with Crippen molar-refractivity contribution < 1.29 is 18.3 Å². The average Bonchev–Trinajstić information content (AvgIpc) is 2.37. The SMILES string of the molecule is CCC1(C)C(O)CC1Oc1ccc(S(C)(=O)=O)cc1. The molecule has 2 rings (SSSR count). The predicted octanol–water partition coefficient (Wildman–Crippen LogP) is 2.02. The van der Waals surface area contributed by atoms with Gasteiger partial charge in [-0.05, 0) is 30.7 Å². The van der Waals surface area contributed by atoms with Crippen LogP contribution in [0, 0.1) is 5.41 Å². The molecule has 0 aromatic heterocycles. The molecule has 1 aromatic carbocycles. The molecule has 0 amide bonds. The van der Waals surface area contributed by atoms with Crippen LogP contribution < -0.4 is 4.74 Å². The fraction of sp³-hybridized carbons (Fsp3) is 0.571. The molecule has 0 heterocycles. The number of hydrogen-bond donors (Lipinski definition) is 1. The van der Waals surface area contributed by atoms with E-state index in [1.54, 1.807) is 24.3 Å². The molecule has 1 aliphatic rings. The summed E-state index contributed by atoms with van der Waals surface area (Å²) in [5, 5.41) is 9.81. The molecule has 1 N–H and O–H groups in total. The molecule has 106 valence electrons. The summed E-state index contributed by atoms with van der Waals surface area (Å²) in [5.41, 5.74) is -0.213. The van der Waals surface area contributed by atoms with Crippen molar-refractivity contribution >= 4 is 9.84 Å². The molecule has 1 fully saturated rings. The van der Waals surface area contributed by atoms with E-state index in [4.69, 9.17) is 4.74 Å². The van der Waals surface area contributed by atoms with Crippen LogP contribution in [0.25, 0.3) is 0 Å². The van der Waals surface area contributed by atoms with Gasteiger partial charge in [-0.2, -0.15) is 0 Å². The van der Waals surface area contributed by atoms with Crippen molar-refractivity contribution in [3.05, 3.63) is 24.3 Å². The van der Waals surface area contributed by atoms with Gasteiger partial charge in [0.15, 0.2) is 9.84 Å². The molecule has 1 aromatic rings. The first-order valence-corrected chi connectivity index (χ1v) is 8.31. The van der Waals surface area contributed by atoms with E-state index in [0.717, 1.165) is 6.42 Å². The third-order valence-corrected chi connectivity index (χ3v) is 5.35. The summed E-state index contributed by atoms with van der Waals surface area (Å²) in [6.07, 6.45) is 2.31. The number of aliphatic hydroxyl groups is 1. The maximum absolute atomic E-state index is 11.4. The molecule has 3 unspecified atom stereocenters. The smallest absolute Gasteiger partial charge is 0.175 e. The summed E-state index contributed by atoms with van der Waals surface area (Å²) in [7, 11) is -3.17. The van der Waals surface area contributed by atoms with Crippen LogP contribution in [0.2, 0.25) is 0 Å². The number of ether oxygens (including phenoxy) is 1. The van der Waals surface area contributed by atoms with Crippen molar-refractivity contribution in [1.29, 1.82) is 0 Å². The molecule has 3 atom stereocenters. The van der Waals surface area contributed by atoms with Gasteiger partial charge in [0.05, 0.1) is 11.0 Å². The van der Waals surface area contributed by atoms with Gasteiger partial charge in [0.2, 0.25) is 0 Å². The number of benzene rings is 1. The lowest BCUT2D eigenvalue weighted by Gasteiger charge is -2.50. The van der Waals surface area contributed by atoms with Gasteiger partial charge in [0.25, 0.3) is 0 Å². The van der Waals surface area contributed by atoms with Gasteiger partial charge in [0, 0.05) is 18.1 Å². The third-order valence-electron chi connectivity index (χ3n) is 4.23. The number of aliphatic hydroxyl groups excluding tert-OH is 1. The van der Waals surface area contributed by atoms with Crippen LogP contribution in [0.4, 0.5) is 0 Å². The Morgan fingerprint density at radius 3 is 2.37 bits per heavy atom.